The van der Waals surface area contributed by atoms with Crippen LogP contribution in [0, 0.1) is 12.7 Å². The summed E-state index contributed by atoms with van der Waals surface area (Å²) in [7, 11) is 0. The minimum atomic E-state index is -2.54. The molecule has 0 saturated carbocycles. The molecule has 1 aromatic carbocycles. The molecule has 0 N–H and O–H groups in total. The van der Waals surface area contributed by atoms with Crippen LogP contribution in [0.1, 0.15) is 5.56 Å². The van der Waals surface area contributed by atoms with Crippen molar-refractivity contribution in [3.8, 4) is 5.75 Å². The lowest BCUT2D eigenvalue weighted by Gasteiger charge is -2.07. The number of rotatable bonds is 3. The third-order valence-electron chi connectivity index (χ3n) is 1.39. The van der Waals surface area contributed by atoms with Gasteiger partial charge in [0, 0.05) is 0 Å². The van der Waals surface area contributed by atoms with Gasteiger partial charge in [-0.25, -0.2) is 13.2 Å². The zero-order valence-corrected chi connectivity index (χ0v) is 6.77. The summed E-state index contributed by atoms with van der Waals surface area (Å²) in [5.41, 5.74) is 0.264. The smallest absolute Gasteiger partial charge is 0.272 e. The summed E-state index contributed by atoms with van der Waals surface area (Å²) in [6, 6.07) is 3.54. The number of halogens is 3. The van der Waals surface area contributed by atoms with Gasteiger partial charge in [-0.15, -0.1) is 0 Å². The van der Waals surface area contributed by atoms with Gasteiger partial charge >= 0.3 is 0 Å². The van der Waals surface area contributed by atoms with Crippen LogP contribution in [0.4, 0.5) is 13.2 Å². The molecular formula is C9H8F3O. The normalized spacial score (nSPS) is 10.5. The maximum atomic E-state index is 12.5. The Kier molecular flexibility index (Phi) is 3.17. The van der Waals surface area contributed by atoms with E-state index in [0.717, 1.165) is 12.1 Å². The summed E-state index contributed by atoms with van der Waals surface area (Å²) in [6.45, 7) is 2.75. The third-order valence-corrected chi connectivity index (χ3v) is 1.39. The van der Waals surface area contributed by atoms with Crippen molar-refractivity contribution < 1.29 is 17.9 Å². The first-order valence-corrected chi connectivity index (χ1v) is 3.62. The van der Waals surface area contributed by atoms with Crippen molar-refractivity contribution in [3.63, 3.8) is 0 Å². The highest BCUT2D eigenvalue weighted by molar-refractivity contribution is 5.35. The van der Waals surface area contributed by atoms with Crippen molar-refractivity contribution in [1.29, 1.82) is 0 Å². The Morgan fingerprint density at radius 1 is 1.38 bits per heavy atom. The zero-order chi connectivity index (χ0) is 9.84. The lowest BCUT2D eigenvalue weighted by molar-refractivity contribution is 0.0817. The molecule has 0 saturated heterocycles. The molecule has 0 aliphatic rings. The molecule has 0 unspecified atom stereocenters. The monoisotopic (exact) mass is 189 g/mol. The minimum Gasteiger partial charge on any atom is -0.487 e. The first kappa shape index (κ1) is 9.89. The van der Waals surface area contributed by atoms with Gasteiger partial charge in [0.1, 0.15) is 18.2 Å². The molecule has 4 heteroatoms. The lowest BCUT2D eigenvalue weighted by Crippen LogP contribution is -2.07. The van der Waals surface area contributed by atoms with Gasteiger partial charge in [-0.2, -0.15) is 0 Å². The molecule has 0 atom stereocenters. The third kappa shape index (κ3) is 2.97. The fraction of sp³-hybridized carbons (Fsp3) is 0.222. The van der Waals surface area contributed by atoms with Crippen molar-refractivity contribution in [2.24, 2.45) is 0 Å². The summed E-state index contributed by atoms with van der Waals surface area (Å²) in [5, 5.41) is 0. The number of hydrogen-bond donors (Lipinski definition) is 0. The molecule has 0 amide bonds. The minimum absolute atomic E-state index is 0.182. The van der Waals surface area contributed by atoms with Gasteiger partial charge < -0.3 is 4.74 Å². The highest BCUT2D eigenvalue weighted by Crippen LogP contribution is 2.18. The van der Waals surface area contributed by atoms with Crippen LogP contribution in [-0.2, 0) is 0 Å². The Morgan fingerprint density at radius 2 is 2.08 bits per heavy atom. The molecular weight excluding hydrogens is 181 g/mol. The molecule has 1 aromatic rings. The first-order valence-electron chi connectivity index (χ1n) is 3.62. The maximum absolute atomic E-state index is 12.5. The molecule has 0 aliphatic heterocycles. The Bertz CT molecular complexity index is 286. The second-order valence-corrected chi connectivity index (χ2v) is 2.45. The van der Waals surface area contributed by atoms with E-state index in [9.17, 15) is 13.2 Å². The van der Waals surface area contributed by atoms with Crippen molar-refractivity contribution in [2.75, 3.05) is 6.61 Å². The fourth-order valence-electron chi connectivity index (χ4n) is 0.842. The van der Waals surface area contributed by atoms with Crippen LogP contribution in [0.2, 0.25) is 0 Å². The molecule has 1 rings (SSSR count). The number of hydrogen-bond acceptors (Lipinski definition) is 1. The number of alkyl halides is 2. The molecule has 0 spiro atoms. The van der Waals surface area contributed by atoms with E-state index in [1.165, 1.54) is 6.07 Å². The van der Waals surface area contributed by atoms with E-state index < -0.39 is 18.8 Å². The van der Waals surface area contributed by atoms with Gasteiger partial charge in [0.2, 0.25) is 0 Å². The molecule has 0 aliphatic carbocycles. The predicted octanol–water partition coefficient (Wildman–Crippen LogP) is 2.65. The summed E-state index contributed by atoms with van der Waals surface area (Å²) in [5.74, 6) is -0.281. The average Bonchev–Trinajstić information content (AvgIpc) is 2.02. The zero-order valence-electron chi connectivity index (χ0n) is 6.77. The highest BCUT2D eigenvalue weighted by Gasteiger charge is 2.05. The van der Waals surface area contributed by atoms with Crippen LogP contribution in [0.3, 0.4) is 0 Å². The van der Waals surface area contributed by atoms with E-state index in [4.69, 9.17) is 0 Å². The summed E-state index contributed by atoms with van der Waals surface area (Å²) >= 11 is 0. The Balaban J connectivity index is 2.67. The highest BCUT2D eigenvalue weighted by atomic mass is 19.3. The van der Waals surface area contributed by atoms with E-state index >= 15 is 0 Å². The summed E-state index contributed by atoms with van der Waals surface area (Å²) < 4.78 is 40.6. The van der Waals surface area contributed by atoms with Gasteiger partial charge in [0.15, 0.2) is 0 Å². The van der Waals surface area contributed by atoms with Gasteiger partial charge in [-0.1, -0.05) is 0 Å². The largest absolute Gasteiger partial charge is 0.487 e. The second-order valence-electron chi connectivity index (χ2n) is 2.45. The molecule has 1 nitrogen and oxygen atoms in total. The van der Waals surface area contributed by atoms with Gasteiger partial charge in [0.05, 0.1) is 0 Å². The van der Waals surface area contributed by atoms with E-state index in [0.29, 0.717) is 0 Å². The summed E-state index contributed by atoms with van der Waals surface area (Å²) in [6.07, 6.45) is -2.54. The van der Waals surface area contributed by atoms with E-state index in [2.05, 4.69) is 11.7 Å². The Labute approximate surface area is 74.1 Å². The maximum Gasteiger partial charge on any atom is 0.272 e. The van der Waals surface area contributed by atoms with E-state index in [1.807, 2.05) is 0 Å². The summed E-state index contributed by atoms with van der Waals surface area (Å²) in [4.78, 5) is 0. The van der Waals surface area contributed by atoms with Crippen LogP contribution in [0.25, 0.3) is 0 Å². The van der Waals surface area contributed by atoms with Crippen LogP contribution in [0.15, 0.2) is 18.2 Å². The van der Waals surface area contributed by atoms with Crippen molar-refractivity contribution >= 4 is 0 Å². The molecule has 1 radical (unpaired) electrons. The molecule has 0 aromatic heterocycles. The number of ether oxygens (including phenoxy) is 1. The molecule has 0 heterocycles. The molecule has 71 valence electrons. The molecule has 13 heavy (non-hydrogen) atoms. The predicted molar refractivity (Wildman–Crippen MR) is 42.4 cm³/mol. The van der Waals surface area contributed by atoms with Gasteiger partial charge in [-0.3, -0.25) is 0 Å². The van der Waals surface area contributed by atoms with Crippen LogP contribution >= 0.6 is 0 Å². The van der Waals surface area contributed by atoms with Crippen molar-refractivity contribution in [2.45, 2.75) is 6.43 Å². The Hall–Kier alpha value is -1.19. The topological polar surface area (TPSA) is 9.23 Å². The standard InChI is InChI=1S/C9H8F3O/c1-6-4-7(10)2-3-8(6)13-5-9(11)12/h2-4,9H,1,5H2. The van der Waals surface area contributed by atoms with Crippen LogP contribution < -0.4 is 4.74 Å². The van der Waals surface area contributed by atoms with E-state index in [-0.39, 0.29) is 11.3 Å². The van der Waals surface area contributed by atoms with Gasteiger partial charge in [-0.05, 0) is 30.7 Å². The second kappa shape index (κ2) is 4.16. The SMILES string of the molecule is [CH2]c1cc(F)ccc1OCC(F)F. The van der Waals surface area contributed by atoms with Crippen LogP contribution in [0.5, 0.6) is 5.75 Å². The molecule has 0 bridgehead atoms. The van der Waals surface area contributed by atoms with Crippen molar-refractivity contribution in [3.05, 3.63) is 36.5 Å². The first-order chi connectivity index (χ1) is 6.09. The Morgan fingerprint density at radius 3 is 2.62 bits per heavy atom. The van der Waals surface area contributed by atoms with Gasteiger partial charge in [0.25, 0.3) is 6.43 Å². The molecule has 0 fully saturated rings. The van der Waals surface area contributed by atoms with Crippen molar-refractivity contribution in [1.82, 2.24) is 0 Å². The average molecular weight is 189 g/mol. The number of benzene rings is 1. The van der Waals surface area contributed by atoms with Crippen LogP contribution in [-0.4, -0.2) is 13.0 Å². The quantitative estimate of drug-likeness (QED) is 0.710. The van der Waals surface area contributed by atoms with E-state index in [1.54, 1.807) is 0 Å². The fourth-order valence-corrected chi connectivity index (χ4v) is 0.842. The lowest BCUT2D eigenvalue weighted by atomic mass is 10.2.